The molecule has 0 saturated carbocycles. The Balaban J connectivity index is 2.40. The molecule has 2 aromatic rings. The first-order chi connectivity index (χ1) is 9.74. The first kappa shape index (κ1) is 15.5. The molecule has 5 heteroatoms. The van der Waals surface area contributed by atoms with Crippen LogP contribution in [0.25, 0.3) is 0 Å². The zero-order valence-electron chi connectivity index (χ0n) is 13.6. The van der Waals surface area contributed by atoms with E-state index < -0.39 is 8.32 Å². The first-order valence-corrected chi connectivity index (χ1v) is 10.5. The van der Waals surface area contributed by atoms with Gasteiger partial charge in [-0.05, 0) is 64.2 Å². The third-order valence-corrected chi connectivity index (χ3v) is 3.70. The first-order valence-electron chi connectivity index (χ1n) is 7.12. The fourth-order valence-corrected chi connectivity index (χ4v) is 2.78. The van der Waals surface area contributed by atoms with Gasteiger partial charge in [0.05, 0.1) is 5.69 Å². The molecule has 2 rings (SSSR count). The fraction of sp³-hybridized carbons (Fsp3) is 0.375. The topological polar surface area (TPSA) is 39.4 Å². The number of aryl methyl sites for hydroxylation is 2. The third kappa shape index (κ3) is 4.29. The fourth-order valence-electron chi connectivity index (χ4n) is 1.95. The van der Waals surface area contributed by atoms with E-state index in [-0.39, 0.29) is 0 Å². The average Bonchev–Trinajstić information content (AvgIpc) is 2.78. The van der Waals surface area contributed by atoms with E-state index in [1.54, 1.807) is 4.68 Å². The van der Waals surface area contributed by atoms with Crippen LogP contribution in [0.2, 0.25) is 19.6 Å². The van der Waals surface area contributed by atoms with Crippen molar-refractivity contribution < 1.29 is 4.43 Å². The van der Waals surface area contributed by atoms with Crippen LogP contribution in [0.15, 0.2) is 35.5 Å². The van der Waals surface area contributed by atoms with E-state index in [9.17, 15) is 0 Å². The number of hydrogen-bond acceptors (Lipinski definition) is 3. The van der Waals surface area contributed by atoms with Gasteiger partial charge in [-0.1, -0.05) is 6.07 Å². The lowest BCUT2D eigenvalue weighted by molar-refractivity contribution is 0.559. The second-order valence-electron chi connectivity index (χ2n) is 6.25. The summed E-state index contributed by atoms with van der Waals surface area (Å²) < 4.78 is 7.92. The Morgan fingerprint density at radius 2 is 1.90 bits per heavy atom. The lowest BCUT2D eigenvalue weighted by Gasteiger charge is -2.20. The highest BCUT2D eigenvalue weighted by atomic mass is 28.4. The molecule has 0 unspecified atom stereocenters. The van der Waals surface area contributed by atoms with Gasteiger partial charge in [0.15, 0.2) is 0 Å². The van der Waals surface area contributed by atoms with Crippen molar-refractivity contribution in [2.75, 3.05) is 0 Å². The highest BCUT2D eigenvalue weighted by Gasteiger charge is 2.18. The number of benzene rings is 1. The maximum absolute atomic E-state index is 6.13. The molecule has 0 spiro atoms. The molecule has 0 atom stereocenters. The monoisotopic (exact) mass is 301 g/mol. The number of aromatic nitrogens is 2. The second-order valence-corrected chi connectivity index (χ2v) is 10.7. The highest BCUT2D eigenvalue weighted by Crippen LogP contribution is 2.31. The van der Waals surface area contributed by atoms with Gasteiger partial charge < -0.3 is 4.43 Å². The van der Waals surface area contributed by atoms with Crippen molar-refractivity contribution in [3.05, 3.63) is 41.7 Å². The van der Waals surface area contributed by atoms with E-state index >= 15 is 0 Å². The summed E-state index contributed by atoms with van der Waals surface area (Å²) in [5.41, 5.74) is 3.01. The van der Waals surface area contributed by atoms with Gasteiger partial charge >= 0.3 is 0 Å². The number of nitrogens with zero attached hydrogens (tertiary/aromatic N) is 3. The van der Waals surface area contributed by atoms with Crippen LogP contribution in [0.5, 0.6) is 5.75 Å². The molecule has 112 valence electrons. The van der Waals surface area contributed by atoms with E-state index in [2.05, 4.69) is 43.8 Å². The largest absolute Gasteiger partial charge is 0.543 e. The average molecular weight is 301 g/mol. The van der Waals surface area contributed by atoms with Gasteiger partial charge in [-0.3, -0.25) is 0 Å². The SMILES string of the molecule is CC(=Nc1cc(C)ccc1O[Si](C)(C)C)n1ccc(C)n1. The summed E-state index contributed by atoms with van der Waals surface area (Å²) in [7, 11) is -1.66. The van der Waals surface area contributed by atoms with Gasteiger partial charge in [0.2, 0.25) is 8.32 Å². The van der Waals surface area contributed by atoms with Crippen LogP contribution in [0.3, 0.4) is 0 Å². The molecule has 0 saturated heterocycles. The number of rotatable bonds is 3. The Hall–Kier alpha value is -1.88. The maximum atomic E-state index is 6.13. The molecule has 1 heterocycles. The normalized spacial score (nSPS) is 12.6. The number of aliphatic imine (C=N–C) groups is 1. The van der Waals surface area contributed by atoms with Crippen molar-refractivity contribution in [2.45, 2.75) is 40.4 Å². The molecule has 0 bridgehead atoms. The quantitative estimate of drug-likeness (QED) is 0.481. The van der Waals surface area contributed by atoms with Crippen LogP contribution in [0.4, 0.5) is 5.69 Å². The molecule has 0 aliphatic heterocycles. The van der Waals surface area contributed by atoms with E-state index in [1.807, 2.05) is 32.2 Å². The minimum Gasteiger partial charge on any atom is -0.543 e. The Labute approximate surface area is 127 Å². The molecule has 0 amide bonds. The van der Waals surface area contributed by atoms with E-state index in [0.717, 1.165) is 23.0 Å². The van der Waals surface area contributed by atoms with Crippen molar-refractivity contribution in [1.82, 2.24) is 9.78 Å². The molecule has 0 aliphatic carbocycles. The van der Waals surface area contributed by atoms with Gasteiger partial charge in [0.1, 0.15) is 17.3 Å². The molecular formula is C16H23N3OSi. The Bertz CT molecular complexity index is 668. The molecule has 0 radical (unpaired) electrons. The van der Waals surface area contributed by atoms with E-state index in [0.29, 0.717) is 0 Å². The highest BCUT2D eigenvalue weighted by molar-refractivity contribution is 6.70. The Kier molecular flexibility index (Phi) is 4.32. The minimum absolute atomic E-state index is 0.828. The molecular weight excluding hydrogens is 278 g/mol. The summed E-state index contributed by atoms with van der Waals surface area (Å²) in [6.07, 6.45) is 1.92. The molecule has 4 nitrogen and oxygen atoms in total. The maximum Gasteiger partial charge on any atom is 0.242 e. The predicted octanol–water partition coefficient (Wildman–Crippen LogP) is 4.31. The van der Waals surface area contributed by atoms with Gasteiger partial charge in [0, 0.05) is 6.20 Å². The molecule has 0 fully saturated rings. The summed E-state index contributed by atoms with van der Waals surface area (Å²) in [6, 6.07) is 8.08. The molecule has 21 heavy (non-hydrogen) atoms. The summed E-state index contributed by atoms with van der Waals surface area (Å²) >= 11 is 0. The van der Waals surface area contributed by atoms with Gasteiger partial charge in [0.25, 0.3) is 0 Å². The summed E-state index contributed by atoms with van der Waals surface area (Å²) in [5.74, 6) is 1.68. The van der Waals surface area contributed by atoms with Crippen LogP contribution in [-0.2, 0) is 0 Å². The van der Waals surface area contributed by atoms with Gasteiger partial charge in [-0.15, -0.1) is 0 Å². The summed E-state index contributed by atoms with van der Waals surface area (Å²) in [6.45, 7) is 12.5. The van der Waals surface area contributed by atoms with E-state index in [4.69, 9.17) is 9.42 Å². The van der Waals surface area contributed by atoms with Crippen LogP contribution < -0.4 is 4.43 Å². The van der Waals surface area contributed by atoms with Crippen molar-refractivity contribution >= 4 is 19.8 Å². The Morgan fingerprint density at radius 1 is 1.19 bits per heavy atom. The summed E-state index contributed by atoms with van der Waals surface area (Å²) in [4.78, 5) is 4.70. The Morgan fingerprint density at radius 3 is 2.48 bits per heavy atom. The van der Waals surface area contributed by atoms with Crippen LogP contribution in [-0.4, -0.2) is 23.9 Å². The van der Waals surface area contributed by atoms with Crippen molar-refractivity contribution in [1.29, 1.82) is 0 Å². The van der Waals surface area contributed by atoms with Crippen LogP contribution in [0, 0.1) is 13.8 Å². The predicted molar refractivity (Wildman–Crippen MR) is 90.3 cm³/mol. The lowest BCUT2D eigenvalue weighted by Crippen LogP contribution is -2.29. The number of hydrogen-bond donors (Lipinski definition) is 0. The van der Waals surface area contributed by atoms with Crippen molar-refractivity contribution in [3.63, 3.8) is 0 Å². The summed E-state index contributed by atoms with van der Waals surface area (Å²) in [5, 5.41) is 4.39. The zero-order chi connectivity index (χ0) is 15.6. The van der Waals surface area contributed by atoms with Gasteiger partial charge in [-0.2, -0.15) is 5.10 Å². The smallest absolute Gasteiger partial charge is 0.242 e. The minimum atomic E-state index is -1.66. The van der Waals surface area contributed by atoms with Crippen molar-refractivity contribution in [3.8, 4) is 5.75 Å². The molecule has 1 aromatic heterocycles. The second kappa shape index (κ2) is 5.85. The standard InChI is InChI=1S/C16H23N3OSi/c1-12-7-8-16(20-21(4,5)6)15(11-12)17-14(3)19-10-9-13(2)18-19/h7-11H,1-6H3. The van der Waals surface area contributed by atoms with Gasteiger partial charge in [-0.25, -0.2) is 9.67 Å². The molecule has 0 N–H and O–H groups in total. The van der Waals surface area contributed by atoms with Crippen molar-refractivity contribution in [2.24, 2.45) is 4.99 Å². The molecule has 1 aromatic carbocycles. The van der Waals surface area contributed by atoms with E-state index in [1.165, 1.54) is 5.56 Å². The lowest BCUT2D eigenvalue weighted by atomic mass is 10.2. The van der Waals surface area contributed by atoms with Crippen LogP contribution >= 0.6 is 0 Å². The molecule has 0 aliphatic rings. The van der Waals surface area contributed by atoms with Crippen LogP contribution in [0.1, 0.15) is 18.2 Å². The zero-order valence-corrected chi connectivity index (χ0v) is 14.6. The third-order valence-electron chi connectivity index (χ3n) is 2.87.